The second-order valence-electron chi connectivity index (χ2n) is 4.45. The van der Waals surface area contributed by atoms with E-state index in [9.17, 15) is 14.3 Å². The Kier molecular flexibility index (Phi) is 5.09. The number of phenolic OH excluding ortho intramolecular Hbond substituents is 1. The van der Waals surface area contributed by atoms with Crippen molar-refractivity contribution in [2.75, 3.05) is 13.2 Å². The second kappa shape index (κ2) is 6.35. The Hall–Kier alpha value is -1.62. The number of carboxylic acids is 1. The van der Waals surface area contributed by atoms with Gasteiger partial charge in [-0.1, -0.05) is 12.1 Å². The van der Waals surface area contributed by atoms with Crippen LogP contribution in [0.2, 0.25) is 0 Å². The average molecular weight is 254 g/mol. The minimum Gasteiger partial charge on any atom is -0.508 e. The molecule has 0 aromatic heterocycles. The molecular weight excluding hydrogens is 236 g/mol. The van der Waals surface area contributed by atoms with Crippen molar-refractivity contribution in [1.29, 1.82) is 0 Å². The summed E-state index contributed by atoms with van der Waals surface area (Å²) in [5, 5.41) is 21.3. The molecule has 18 heavy (non-hydrogen) atoms. The van der Waals surface area contributed by atoms with Crippen molar-refractivity contribution in [2.45, 2.75) is 25.3 Å². The van der Waals surface area contributed by atoms with Crippen LogP contribution < -0.4 is 5.32 Å². The van der Waals surface area contributed by atoms with Crippen molar-refractivity contribution in [1.82, 2.24) is 5.32 Å². The van der Waals surface area contributed by atoms with E-state index in [1.165, 1.54) is 12.1 Å². The van der Waals surface area contributed by atoms with Crippen LogP contribution in [0.4, 0.5) is 4.39 Å². The van der Waals surface area contributed by atoms with Crippen molar-refractivity contribution in [3.8, 4) is 5.75 Å². The molecule has 4 nitrogen and oxygen atoms in total. The predicted octanol–water partition coefficient (Wildman–Crippen LogP) is 1.73. The molecule has 0 fully saturated rings. The molecule has 0 aliphatic rings. The fraction of sp³-hybridized carbons (Fsp3) is 0.462. The summed E-state index contributed by atoms with van der Waals surface area (Å²) < 4.78 is 12.0. The second-order valence-corrected chi connectivity index (χ2v) is 4.45. The Morgan fingerprint density at radius 1 is 1.39 bits per heavy atom. The smallest absolute Gasteiger partial charge is 0.323 e. The van der Waals surface area contributed by atoms with E-state index in [1.807, 2.05) is 0 Å². The van der Waals surface area contributed by atoms with E-state index < -0.39 is 18.2 Å². The van der Waals surface area contributed by atoms with Gasteiger partial charge in [0.2, 0.25) is 0 Å². The lowest BCUT2D eigenvalue weighted by atomic mass is 9.92. The van der Waals surface area contributed by atoms with Crippen molar-refractivity contribution in [3.63, 3.8) is 0 Å². The molecule has 3 N–H and O–H groups in total. The lowest BCUT2D eigenvalue weighted by Crippen LogP contribution is -2.51. The monoisotopic (exact) mass is 254 g/mol. The maximum atomic E-state index is 12.0. The van der Waals surface area contributed by atoms with E-state index in [-0.39, 0.29) is 12.2 Å². The van der Waals surface area contributed by atoms with Gasteiger partial charge in [-0.2, -0.15) is 0 Å². The van der Waals surface area contributed by atoms with E-state index >= 15 is 0 Å². The summed E-state index contributed by atoms with van der Waals surface area (Å²) in [4.78, 5) is 11.3. The van der Waals surface area contributed by atoms with Crippen molar-refractivity contribution < 1.29 is 19.4 Å². The predicted molar refractivity (Wildman–Crippen MR) is 66.4 cm³/mol. The van der Waals surface area contributed by atoms with Crippen LogP contribution in [0.15, 0.2) is 24.3 Å². The zero-order valence-corrected chi connectivity index (χ0v) is 10.3. The molecule has 100 valence electrons. The molecule has 0 aliphatic heterocycles. The quantitative estimate of drug-likeness (QED) is 0.648. The molecule has 0 amide bonds. The van der Waals surface area contributed by atoms with Crippen LogP contribution in [0.1, 0.15) is 18.9 Å². The number of rotatable bonds is 7. The highest BCUT2D eigenvalue weighted by Gasteiger charge is 2.32. The normalized spacial score (nSPS) is 14.1. The Morgan fingerprint density at radius 3 is 2.50 bits per heavy atom. The zero-order chi connectivity index (χ0) is 13.6. The van der Waals surface area contributed by atoms with Gasteiger partial charge in [0.15, 0.2) is 0 Å². The van der Waals surface area contributed by atoms with Crippen LogP contribution in [0.3, 0.4) is 0 Å². The molecule has 0 heterocycles. The Balaban J connectivity index is 2.72. The van der Waals surface area contributed by atoms with Crippen molar-refractivity contribution in [3.05, 3.63) is 29.8 Å². The summed E-state index contributed by atoms with van der Waals surface area (Å²) in [6.07, 6.45) is 0.563. The van der Waals surface area contributed by atoms with Crippen LogP contribution >= 0.6 is 0 Å². The number of carboxylic acid groups (broad SMARTS) is 1. The fourth-order valence-corrected chi connectivity index (χ4v) is 1.67. The first kappa shape index (κ1) is 14.4. The largest absolute Gasteiger partial charge is 0.508 e. The third-order valence-corrected chi connectivity index (χ3v) is 2.79. The maximum Gasteiger partial charge on any atom is 0.323 e. The van der Waals surface area contributed by atoms with Crippen molar-refractivity contribution in [2.24, 2.45) is 0 Å². The van der Waals surface area contributed by atoms with Gasteiger partial charge < -0.3 is 15.5 Å². The van der Waals surface area contributed by atoms with E-state index in [4.69, 9.17) is 5.11 Å². The first-order valence-corrected chi connectivity index (χ1v) is 5.80. The van der Waals surface area contributed by atoms with Crippen LogP contribution in [0, 0.1) is 0 Å². The molecule has 0 radical (unpaired) electrons. The third kappa shape index (κ3) is 4.00. The number of carbonyl (C=O) groups is 1. The molecule has 1 rings (SSSR count). The number of nitrogens with one attached hydrogen (secondary N) is 1. The minimum absolute atomic E-state index is 0.140. The summed E-state index contributed by atoms with van der Waals surface area (Å²) in [5.41, 5.74) is -0.336. The van der Waals surface area contributed by atoms with Gasteiger partial charge in [-0.05, 0) is 37.6 Å². The molecule has 1 aromatic carbocycles. The molecule has 0 spiro atoms. The lowest BCUT2D eigenvalue weighted by molar-refractivity contribution is -0.144. The summed E-state index contributed by atoms with van der Waals surface area (Å²) >= 11 is 0. The number of alkyl halides is 1. The number of hydrogen-bond donors (Lipinski definition) is 3. The number of halogens is 1. The number of aliphatic carboxylic acids is 1. The number of hydrogen-bond acceptors (Lipinski definition) is 3. The van der Waals surface area contributed by atoms with Gasteiger partial charge >= 0.3 is 5.97 Å². The highest BCUT2D eigenvalue weighted by molar-refractivity contribution is 5.78. The highest BCUT2D eigenvalue weighted by atomic mass is 18.2. The van der Waals surface area contributed by atoms with Crippen molar-refractivity contribution >= 4 is 5.97 Å². The number of phenols is 1. The third-order valence-electron chi connectivity index (χ3n) is 2.79. The van der Waals surface area contributed by atoms with Crippen LogP contribution in [0.25, 0.3) is 0 Å². The highest BCUT2D eigenvalue weighted by Crippen LogP contribution is 2.17. The van der Waals surface area contributed by atoms with Gasteiger partial charge in [0, 0.05) is 6.42 Å². The summed E-state index contributed by atoms with van der Waals surface area (Å²) in [5.74, 6) is -0.837. The Morgan fingerprint density at radius 2 is 2.00 bits per heavy atom. The summed E-state index contributed by atoms with van der Waals surface area (Å²) in [7, 11) is 0. The van der Waals surface area contributed by atoms with Gasteiger partial charge in [0.05, 0.1) is 6.67 Å². The summed E-state index contributed by atoms with van der Waals surface area (Å²) in [6.45, 7) is 1.42. The van der Waals surface area contributed by atoms with Crippen LogP contribution in [0.5, 0.6) is 5.75 Å². The fourth-order valence-electron chi connectivity index (χ4n) is 1.67. The standard InChI is InChI=1S/C13H18FNO3/c1-13(12(17)18,15-8-2-7-14)9-10-3-5-11(16)6-4-10/h3-6,15-16H,2,7-9H2,1H3,(H,17,18)/t13-/m0/s1/i14-1. The van der Waals surface area contributed by atoms with E-state index in [2.05, 4.69) is 5.32 Å². The first-order chi connectivity index (χ1) is 8.48. The molecule has 1 aromatic rings. The Bertz CT molecular complexity index is 394. The van der Waals surface area contributed by atoms with Gasteiger partial charge in [0.1, 0.15) is 11.3 Å². The van der Waals surface area contributed by atoms with Gasteiger partial charge in [0.25, 0.3) is 0 Å². The molecule has 5 heteroatoms. The molecule has 0 unspecified atom stereocenters. The number of benzene rings is 1. The maximum absolute atomic E-state index is 12.0. The SMILES string of the molecule is C[C@@](Cc1ccc(O)cc1)(NCCC[18F])C(=O)O. The lowest BCUT2D eigenvalue weighted by Gasteiger charge is -2.26. The molecule has 1 atom stereocenters. The van der Waals surface area contributed by atoms with Crippen LogP contribution in [-0.2, 0) is 11.2 Å². The average Bonchev–Trinajstić information content (AvgIpc) is 2.32. The molecule has 0 saturated heterocycles. The topological polar surface area (TPSA) is 69.6 Å². The molecule has 0 saturated carbocycles. The van der Waals surface area contributed by atoms with E-state index in [1.54, 1.807) is 19.1 Å². The first-order valence-electron chi connectivity index (χ1n) is 5.80. The number of aromatic hydroxyl groups is 1. The Labute approximate surface area is 105 Å². The van der Waals surface area contributed by atoms with E-state index in [0.717, 1.165) is 5.56 Å². The molecular formula is C13H18FNO3. The van der Waals surface area contributed by atoms with Gasteiger partial charge in [-0.15, -0.1) is 0 Å². The van der Waals surface area contributed by atoms with E-state index in [0.29, 0.717) is 13.0 Å². The van der Waals surface area contributed by atoms with Gasteiger partial charge in [-0.3, -0.25) is 9.18 Å². The zero-order valence-electron chi connectivity index (χ0n) is 10.3. The molecule has 0 bridgehead atoms. The van der Waals surface area contributed by atoms with Crippen LogP contribution in [-0.4, -0.2) is 34.9 Å². The molecule has 0 aliphatic carbocycles. The minimum atomic E-state index is -1.13. The summed E-state index contributed by atoms with van der Waals surface area (Å²) in [6, 6.07) is 6.37. The van der Waals surface area contributed by atoms with Gasteiger partial charge in [-0.25, -0.2) is 0 Å².